The Morgan fingerprint density at radius 2 is 0.479 bits per heavy atom. The average molecular weight is 1200 g/mol. The molecule has 14 aromatic rings. The molecule has 0 nitrogen and oxygen atoms in total. The molecule has 0 N–H and O–H groups in total. The molecular weight excluding hydrogens is 1130 g/mol. The second-order valence-electron chi connectivity index (χ2n) is 30.1. The van der Waals surface area contributed by atoms with Gasteiger partial charge in [-0.15, -0.1) is 0 Å². The molecule has 0 heterocycles. The van der Waals surface area contributed by atoms with Gasteiger partial charge in [0.15, 0.2) is 0 Å². The van der Waals surface area contributed by atoms with Gasteiger partial charge in [0.2, 0.25) is 0 Å². The topological polar surface area (TPSA) is 0 Å². The van der Waals surface area contributed by atoms with E-state index >= 15 is 0 Å². The van der Waals surface area contributed by atoms with Gasteiger partial charge in [-0.1, -0.05) is 261 Å². The first-order chi connectivity index (χ1) is 46.5. The molecule has 0 aromatic heterocycles. The first-order valence-electron chi connectivity index (χ1n) is 35.6. The average Bonchev–Trinajstić information content (AvgIpc) is 1.48. The molecule has 94 heavy (non-hydrogen) atoms. The Labute approximate surface area is 552 Å². The minimum absolute atomic E-state index is 0.168. The normalized spacial score (nSPS) is 25.1. The quantitative estimate of drug-likeness (QED) is 0.151. The van der Waals surface area contributed by atoms with E-state index in [2.05, 4.69) is 279 Å². The van der Waals surface area contributed by atoms with E-state index in [-0.39, 0.29) is 10.8 Å². The molecule has 0 atom stereocenters. The summed E-state index contributed by atoms with van der Waals surface area (Å²) in [6.07, 6.45) is 14.3. The van der Waals surface area contributed by atoms with Crippen LogP contribution in [0.3, 0.4) is 0 Å². The van der Waals surface area contributed by atoms with Gasteiger partial charge in [-0.05, 0) is 284 Å². The molecule has 8 fully saturated rings. The fourth-order valence-corrected chi connectivity index (χ4v) is 22.9. The monoisotopic (exact) mass is 1200 g/mol. The van der Waals surface area contributed by atoms with Crippen LogP contribution >= 0.6 is 0 Å². The van der Waals surface area contributed by atoms with E-state index in [1.54, 1.807) is 22.3 Å². The van der Waals surface area contributed by atoms with Gasteiger partial charge in [0.1, 0.15) is 0 Å². The maximum Gasteiger partial charge on any atom is 0.0272 e. The van der Waals surface area contributed by atoms with Crippen LogP contribution < -0.4 is 0 Å². The highest BCUT2D eigenvalue weighted by atomic mass is 14.7. The number of fused-ring (bicyclic) bond motifs is 11. The van der Waals surface area contributed by atoms with Crippen LogP contribution in [0.5, 0.6) is 0 Å². The zero-order valence-electron chi connectivity index (χ0n) is 53.2. The number of rotatable bonds is 5. The van der Waals surface area contributed by atoms with Crippen molar-refractivity contribution in [3.8, 4) is 77.9 Å². The molecular formula is C94H74. The fraction of sp³-hybridized carbons (Fsp3) is 0.213. The van der Waals surface area contributed by atoms with E-state index < -0.39 is 0 Å². The summed E-state index contributed by atoms with van der Waals surface area (Å²) in [5, 5.41) is 13.3. The predicted molar refractivity (Wildman–Crippen MR) is 394 cm³/mol. The van der Waals surface area contributed by atoms with E-state index in [4.69, 9.17) is 0 Å². The molecule has 10 aliphatic rings. The Hall–Kier alpha value is -9.62. The van der Waals surface area contributed by atoms with Crippen molar-refractivity contribution in [1.82, 2.24) is 0 Å². The van der Waals surface area contributed by atoms with Gasteiger partial charge in [-0.2, -0.15) is 0 Å². The summed E-state index contributed by atoms with van der Waals surface area (Å²) in [5.74, 6) is 6.85. The van der Waals surface area contributed by atoms with Crippen molar-refractivity contribution in [3.05, 3.63) is 301 Å². The third-order valence-corrected chi connectivity index (χ3v) is 25.9. The molecule has 8 saturated carbocycles. The summed E-state index contributed by atoms with van der Waals surface area (Å²) in [6, 6.07) is 106. The zero-order valence-corrected chi connectivity index (χ0v) is 53.2. The summed E-state index contributed by atoms with van der Waals surface area (Å²) in [5.41, 5.74) is 26.1. The van der Waals surface area contributed by atoms with Gasteiger partial charge in [0.05, 0.1) is 0 Å². The van der Waals surface area contributed by atoms with Gasteiger partial charge in [-0.25, -0.2) is 0 Å². The molecule has 0 saturated heterocycles. The van der Waals surface area contributed by atoms with Gasteiger partial charge >= 0.3 is 0 Å². The maximum absolute atomic E-state index is 2.67. The van der Waals surface area contributed by atoms with E-state index in [0.29, 0.717) is 0 Å². The summed E-state index contributed by atoms with van der Waals surface area (Å²) in [4.78, 5) is 0. The molecule has 450 valence electrons. The van der Waals surface area contributed by atoms with Crippen LogP contribution in [0.4, 0.5) is 0 Å². The lowest BCUT2D eigenvalue weighted by Gasteiger charge is -2.61. The highest BCUT2D eigenvalue weighted by molar-refractivity contribution is 6.23. The number of hydrogen-bond donors (Lipinski definition) is 0. The van der Waals surface area contributed by atoms with Crippen molar-refractivity contribution < 1.29 is 0 Å². The van der Waals surface area contributed by atoms with E-state index in [1.165, 1.54) is 196 Å². The minimum Gasteiger partial charge on any atom is -0.0622 e. The van der Waals surface area contributed by atoms with Gasteiger partial charge < -0.3 is 0 Å². The molecule has 0 amide bonds. The lowest BCUT2D eigenvalue weighted by atomic mass is 9.43. The van der Waals surface area contributed by atoms with Crippen molar-refractivity contribution in [1.29, 1.82) is 0 Å². The molecule has 24 rings (SSSR count). The second-order valence-corrected chi connectivity index (χ2v) is 30.1. The molecule has 8 bridgehead atoms. The smallest absolute Gasteiger partial charge is 0.0272 e. The van der Waals surface area contributed by atoms with Crippen molar-refractivity contribution in [2.75, 3.05) is 0 Å². The molecule has 14 aromatic carbocycles. The summed E-state index contributed by atoms with van der Waals surface area (Å²) < 4.78 is 0. The Morgan fingerprint density at radius 3 is 0.894 bits per heavy atom. The molecule has 0 radical (unpaired) electrons. The van der Waals surface area contributed by atoms with E-state index in [9.17, 15) is 0 Å². The van der Waals surface area contributed by atoms with Gasteiger partial charge in [0.25, 0.3) is 0 Å². The van der Waals surface area contributed by atoms with Gasteiger partial charge in [-0.3, -0.25) is 0 Å². The standard InChI is InChI=1S/C48H38.C46H36/c1-2-10-32(11-3-1)33-18-20-34(21-19-33)46-40-13-4-6-15-42(40)47(43-16-7-5-14-41(43)46)35-22-23-39-38-12-8-9-17-44(38)48(45(39)29-35)36-25-30-24-31(27-36)28-37(48)26-30;1-2-10-31-26-32(18-17-30(31)9-1)44-38-12-3-5-14-40(38)45(41-15-6-4-13-39(41)44)33-19-20-37-36-11-7-8-16-42(36)46(43(37)27-33)34-22-28-21-29(24-34)25-35(46)23-28/h1-23,29-31,36-37H,24-28H2;1-20,26-29,34-35H,21-25H2. The summed E-state index contributed by atoms with van der Waals surface area (Å²) >= 11 is 0. The highest BCUT2D eigenvalue weighted by Gasteiger charge is 2.63. The maximum atomic E-state index is 2.67. The molecule has 0 unspecified atom stereocenters. The Bertz CT molecular complexity index is 5290. The predicted octanol–water partition coefficient (Wildman–Crippen LogP) is 24.9. The summed E-state index contributed by atoms with van der Waals surface area (Å²) in [7, 11) is 0. The first-order valence-corrected chi connectivity index (χ1v) is 35.6. The van der Waals surface area contributed by atoms with Crippen LogP contribution in [0.2, 0.25) is 0 Å². The third-order valence-electron chi connectivity index (χ3n) is 25.9. The molecule has 10 aliphatic carbocycles. The Balaban J connectivity index is 0.000000126. The van der Waals surface area contributed by atoms with Crippen LogP contribution in [-0.2, 0) is 10.8 Å². The van der Waals surface area contributed by atoms with Crippen molar-refractivity contribution >= 4 is 53.9 Å². The number of hydrogen-bond acceptors (Lipinski definition) is 0. The SMILES string of the molecule is c1ccc(-c2ccc(-c3c4ccccc4c(-c4ccc5c(c4)C4(c6ccccc6-5)C5CC6CC(C5)CC4C6)c4ccccc34)cc2)cc1.c1ccc2c(c1)-c1ccc(-c3c4ccccc4c(-c4ccc5ccccc5c4)c4ccccc34)cc1C21C2CC3CC(C2)CC1C3. The van der Waals surface area contributed by atoms with Crippen LogP contribution in [0.15, 0.2) is 279 Å². The minimum atomic E-state index is 0.168. The first kappa shape index (κ1) is 53.8. The van der Waals surface area contributed by atoms with Crippen molar-refractivity contribution in [2.45, 2.75) is 75.0 Å². The Morgan fingerprint density at radius 1 is 0.191 bits per heavy atom. The van der Waals surface area contributed by atoms with Crippen LogP contribution in [0.1, 0.15) is 86.5 Å². The second kappa shape index (κ2) is 20.4. The van der Waals surface area contributed by atoms with Crippen molar-refractivity contribution in [2.24, 2.45) is 47.3 Å². The highest BCUT2D eigenvalue weighted by Crippen LogP contribution is 2.71. The number of benzene rings is 14. The van der Waals surface area contributed by atoms with Gasteiger partial charge in [0, 0.05) is 10.8 Å². The third kappa shape index (κ3) is 7.57. The van der Waals surface area contributed by atoms with Crippen LogP contribution in [-0.4, -0.2) is 0 Å². The molecule has 0 heteroatoms. The zero-order chi connectivity index (χ0) is 61.4. The van der Waals surface area contributed by atoms with Crippen LogP contribution in [0.25, 0.3) is 132 Å². The van der Waals surface area contributed by atoms with E-state index in [0.717, 1.165) is 47.3 Å². The van der Waals surface area contributed by atoms with E-state index in [1.807, 2.05) is 0 Å². The van der Waals surface area contributed by atoms with Crippen molar-refractivity contribution in [3.63, 3.8) is 0 Å². The Kier molecular flexibility index (Phi) is 11.7. The summed E-state index contributed by atoms with van der Waals surface area (Å²) in [6.45, 7) is 0. The molecule has 0 aliphatic heterocycles. The fourth-order valence-electron chi connectivity index (χ4n) is 22.9. The lowest BCUT2D eigenvalue weighted by Crippen LogP contribution is -2.55. The van der Waals surface area contributed by atoms with Crippen LogP contribution in [0, 0.1) is 47.3 Å². The lowest BCUT2D eigenvalue weighted by molar-refractivity contribution is -0.0399. The molecule has 2 spiro atoms. The largest absolute Gasteiger partial charge is 0.0622 e.